The van der Waals surface area contributed by atoms with Gasteiger partial charge in [-0.25, -0.2) is 0 Å². The van der Waals surface area contributed by atoms with Gasteiger partial charge in [-0.3, -0.25) is 0 Å². The van der Waals surface area contributed by atoms with Crippen LogP contribution in [0, 0.1) is 0 Å². The first kappa shape index (κ1) is 19.7. The number of nitrogens with two attached hydrogens (primary N) is 1. The Morgan fingerprint density at radius 3 is 1.61 bits per heavy atom. The lowest BCUT2D eigenvalue weighted by Crippen LogP contribution is -2.01. The van der Waals surface area contributed by atoms with E-state index in [1.807, 2.05) is 30.3 Å². The van der Waals surface area contributed by atoms with Crippen LogP contribution in [0.25, 0.3) is 11.1 Å². The van der Waals surface area contributed by atoms with E-state index in [1.165, 1.54) is 16.7 Å². The molecule has 0 amide bonds. The maximum absolute atomic E-state index is 5.85. The average molecular weight is 373 g/mol. The average Bonchev–Trinajstić information content (AvgIpc) is 2.77. The van der Waals surface area contributed by atoms with Crippen molar-refractivity contribution in [3.05, 3.63) is 95.6 Å². The summed E-state index contributed by atoms with van der Waals surface area (Å²) in [5.74, 6) is 1.70. The summed E-state index contributed by atoms with van der Waals surface area (Å²) in [7, 11) is 3.37. The third kappa shape index (κ3) is 4.62. The molecular weight excluding hydrogens is 346 g/mol. The summed E-state index contributed by atoms with van der Waals surface area (Å²) in [6.07, 6.45) is 1.84. The predicted octanol–water partition coefficient (Wildman–Crippen LogP) is 5.40. The van der Waals surface area contributed by atoms with Crippen LogP contribution in [-0.2, 0) is 0 Å². The SMILES string of the molecule is COc1ccc(C(=C(CCCN)c2ccccc2)c2ccc(OC)cc2)cc1. The molecule has 0 atom stereocenters. The van der Waals surface area contributed by atoms with Gasteiger partial charge in [-0.2, -0.15) is 0 Å². The van der Waals surface area contributed by atoms with Crippen molar-refractivity contribution in [1.82, 2.24) is 0 Å². The number of hydrogen-bond donors (Lipinski definition) is 1. The lowest BCUT2D eigenvalue weighted by atomic mass is 9.87. The second-order valence-electron chi connectivity index (χ2n) is 6.57. The molecule has 0 unspecified atom stereocenters. The van der Waals surface area contributed by atoms with Crippen LogP contribution in [0.15, 0.2) is 78.9 Å². The van der Waals surface area contributed by atoms with Crippen molar-refractivity contribution >= 4 is 11.1 Å². The normalized spacial score (nSPS) is 10.4. The quantitative estimate of drug-likeness (QED) is 0.538. The van der Waals surface area contributed by atoms with E-state index in [4.69, 9.17) is 15.2 Å². The second kappa shape index (κ2) is 9.77. The van der Waals surface area contributed by atoms with Crippen molar-refractivity contribution in [2.45, 2.75) is 12.8 Å². The Hall–Kier alpha value is -3.04. The van der Waals surface area contributed by atoms with E-state index in [-0.39, 0.29) is 0 Å². The Kier molecular flexibility index (Phi) is 6.88. The fraction of sp³-hybridized carbons (Fsp3) is 0.200. The summed E-state index contributed by atoms with van der Waals surface area (Å²) in [5, 5.41) is 0. The molecule has 28 heavy (non-hydrogen) atoms. The van der Waals surface area contributed by atoms with Crippen LogP contribution in [0.2, 0.25) is 0 Å². The molecule has 0 aliphatic heterocycles. The minimum absolute atomic E-state index is 0.662. The lowest BCUT2D eigenvalue weighted by molar-refractivity contribution is 0.414. The molecule has 3 aromatic rings. The van der Waals surface area contributed by atoms with Gasteiger partial charge in [-0.1, -0.05) is 54.6 Å². The molecule has 3 aromatic carbocycles. The molecule has 144 valence electrons. The monoisotopic (exact) mass is 373 g/mol. The summed E-state index contributed by atoms with van der Waals surface area (Å²) < 4.78 is 10.7. The zero-order valence-corrected chi connectivity index (χ0v) is 16.5. The smallest absolute Gasteiger partial charge is 0.118 e. The van der Waals surface area contributed by atoms with Gasteiger partial charge in [-0.05, 0) is 71.5 Å². The van der Waals surface area contributed by atoms with E-state index in [0.29, 0.717) is 6.54 Å². The predicted molar refractivity (Wildman–Crippen MR) is 117 cm³/mol. The molecule has 3 heteroatoms. The maximum atomic E-state index is 5.85. The number of benzene rings is 3. The highest BCUT2D eigenvalue weighted by Gasteiger charge is 2.14. The third-order valence-electron chi connectivity index (χ3n) is 4.81. The molecule has 0 aliphatic rings. The zero-order valence-electron chi connectivity index (χ0n) is 16.5. The Morgan fingerprint density at radius 2 is 1.18 bits per heavy atom. The molecule has 0 aromatic heterocycles. The van der Waals surface area contributed by atoms with E-state index < -0.39 is 0 Å². The van der Waals surface area contributed by atoms with Crippen LogP contribution in [0.1, 0.15) is 29.5 Å². The van der Waals surface area contributed by atoms with Crippen molar-refractivity contribution in [3.8, 4) is 11.5 Å². The number of ether oxygens (including phenoxy) is 2. The molecule has 0 spiro atoms. The Balaban J connectivity index is 2.21. The van der Waals surface area contributed by atoms with Crippen molar-refractivity contribution in [3.63, 3.8) is 0 Å². The van der Waals surface area contributed by atoms with Crippen molar-refractivity contribution in [1.29, 1.82) is 0 Å². The van der Waals surface area contributed by atoms with Crippen molar-refractivity contribution < 1.29 is 9.47 Å². The van der Waals surface area contributed by atoms with Crippen LogP contribution in [0.4, 0.5) is 0 Å². The zero-order chi connectivity index (χ0) is 19.8. The first-order valence-electron chi connectivity index (χ1n) is 9.54. The van der Waals surface area contributed by atoms with Crippen LogP contribution < -0.4 is 15.2 Å². The van der Waals surface area contributed by atoms with Crippen LogP contribution in [-0.4, -0.2) is 20.8 Å². The number of methoxy groups -OCH3 is 2. The van der Waals surface area contributed by atoms with E-state index in [9.17, 15) is 0 Å². The highest BCUT2D eigenvalue weighted by Crippen LogP contribution is 2.36. The minimum atomic E-state index is 0.662. The van der Waals surface area contributed by atoms with Gasteiger partial charge < -0.3 is 15.2 Å². The Bertz CT molecular complexity index is 848. The topological polar surface area (TPSA) is 44.5 Å². The first-order valence-corrected chi connectivity index (χ1v) is 9.54. The van der Waals surface area contributed by atoms with Crippen LogP contribution >= 0.6 is 0 Å². The molecule has 3 nitrogen and oxygen atoms in total. The minimum Gasteiger partial charge on any atom is -0.497 e. The molecule has 2 N–H and O–H groups in total. The van der Waals surface area contributed by atoms with E-state index in [1.54, 1.807) is 14.2 Å². The third-order valence-corrected chi connectivity index (χ3v) is 4.81. The van der Waals surface area contributed by atoms with E-state index in [0.717, 1.165) is 35.5 Å². The van der Waals surface area contributed by atoms with E-state index >= 15 is 0 Å². The Labute approximate surface area is 167 Å². The fourth-order valence-corrected chi connectivity index (χ4v) is 3.36. The first-order chi connectivity index (χ1) is 13.8. The maximum Gasteiger partial charge on any atom is 0.118 e. The summed E-state index contributed by atoms with van der Waals surface area (Å²) in [4.78, 5) is 0. The molecule has 3 rings (SSSR count). The van der Waals surface area contributed by atoms with Gasteiger partial charge in [0.15, 0.2) is 0 Å². The molecule has 0 saturated heterocycles. The summed E-state index contributed by atoms with van der Waals surface area (Å²) in [6.45, 7) is 0.662. The largest absolute Gasteiger partial charge is 0.497 e. The summed E-state index contributed by atoms with van der Waals surface area (Å²) >= 11 is 0. The van der Waals surface area contributed by atoms with Gasteiger partial charge in [0.2, 0.25) is 0 Å². The fourth-order valence-electron chi connectivity index (χ4n) is 3.36. The van der Waals surface area contributed by atoms with Gasteiger partial charge in [0.25, 0.3) is 0 Å². The van der Waals surface area contributed by atoms with E-state index in [2.05, 4.69) is 48.5 Å². The molecule has 0 radical (unpaired) electrons. The van der Waals surface area contributed by atoms with Gasteiger partial charge in [0.1, 0.15) is 11.5 Å². The lowest BCUT2D eigenvalue weighted by Gasteiger charge is -2.18. The number of hydrogen-bond acceptors (Lipinski definition) is 3. The van der Waals surface area contributed by atoms with Gasteiger partial charge in [0.05, 0.1) is 14.2 Å². The summed E-state index contributed by atoms with van der Waals surface area (Å²) in [5.41, 5.74) is 11.9. The standard InChI is InChI=1S/C25H27NO2/c1-27-22-14-10-20(11-15-22)25(21-12-16-23(28-2)17-13-21)24(9-6-18-26)19-7-4-3-5-8-19/h3-5,7-8,10-17H,6,9,18,26H2,1-2H3. The summed E-state index contributed by atoms with van der Waals surface area (Å²) in [6, 6.07) is 27.0. The van der Waals surface area contributed by atoms with Crippen molar-refractivity contribution in [2.24, 2.45) is 5.73 Å². The van der Waals surface area contributed by atoms with Gasteiger partial charge in [0, 0.05) is 0 Å². The molecule has 0 aliphatic carbocycles. The Morgan fingerprint density at radius 1 is 0.679 bits per heavy atom. The molecular formula is C25H27NO2. The molecule has 0 bridgehead atoms. The highest BCUT2D eigenvalue weighted by atomic mass is 16.5. The number of allylic oxidation sites excluding steroid dienone is 1. The molecule has 0 heterocycles. The van der Waals surface area contributed by atoms with Gasteiger partial charge in [-0.15, -0.1) is 0 Å². The van der Waals surface area contributed by atoms with Gasteiger partial charge >= 0.3 is 0 Å². The number of rotatable bonds is 8. The second-order valence-corrected chi connectivity index (χ2v) is 6.57. The van der Waals surface area contributed by atoms with Crippen molar-refractivity contribution in [2.75, 3.05) is 20.8 Å². The van der Waals surface area contributed by atoms with Crippen LogP contribution in [0.5, 0.6) is 11.5 Å². The molecule has 0 fully saturated rings. The molecule has 0 saturated carbocycles. The van der Waals surface area contributed by atoms with Crippen LogP contribution in [0.3, 0.4) is 0 Å². The highest BCUT2D eigenvalue weighted by molar-refractivity contribution is 5.98.